The van der Waals surface area contributed by atoms with E-state index in [-0.39, 0.29) is 17.5 Å². The number of amides is 1. The molecular weight excluding hydrogens is 431 g/mol. The first-order chi connectivity index (χ1) is 15.3. The third kappa shape index (κ3) is 5.69. The van der Waals surface area contributed by atoms with Gasteiger partial charge in [0.1, 0.15) is 17.0 Å². The van der Waals surface area contributed by atoms with Crippen LogP contribution >= 0.6 is 7.60 Å². The highest BCUT2D eigenvalue weighted by Gasteiger charge is 2.23. The fourth-order valence-corrected chi connectivity index (χ4v) is 4.10. The minimum Gasteiger partial charge on any atom is -0.424 e. The van der Waals surface area contributed by atoms with Crippen molar-refractivity contribution in [3.05, 3.63) is 76.3 Å². The summed E-state index contributed by atoms with van der Waals surface area (Å²) in [4.78, 5) is 35.9. The van der Waals surface area contributed by atoms with E-state index >= 15 is 0 Å². The molecule has 3 aromatic rings. The topological polar surface area (TPSA) is 123 Å². The van der Waals surface area contributed by atoms with E-state index in [0.29, 0.717) is 18.1 Å². The number of carbonyl (C=O) groups excluding carboxylic acids is 1. The van der Waals surface area contributed by atoms with Gasteiger partial charge in [-0.05, 0) is 43.7 Å². The molecule has 32 heavy (non-hydrogen) atoms. The van der Waals surface area contributed by atoms with E-state index in [1.807, 2.05) is 0 Å². The van der Waals surface area contributed by atoms with Gasteiger partial charge in [-0.3, -0.25) is 14.6 Å². The third-order valence-electron chi connectivity index (χ3n) is 4.64. The van der Waals surface area contributed by atoms with Crippen LogP contribution in [0.1, 0.15) is 42.7 Å². The van der Waals surface area contributed by atoms with Crippen LogP contribution in [0.3, 0.4) is 0 Å². The normalized spacial score (nSPS) is 13.7. The number of pyridine rings is 1. The molecule has 168 valence electrons. The zero-order valence-corrected chi connectivity index (χ0v) is 19.0. The molecule has 0 aliphatic rings. The van der Waals surface area contributed by atoms with Crippen LogP contribution in [0.15, 0.2) is 59.7 Å². The average Bonchev–Trinajstić information content (AvgIpc) is 2.80. The molecule has 9 nitrogen and oxygen atoms in total. The molecule has 2 heterocycles. The summed E-state index contributed by atoms with van der Waals surface area (Å²) >= 11 is 0. The van der Waals surface area contributed by atoms with Crippen LogP contribution in [0, 0.1) is 0 Å². The second kappa shape index (κ2) is 10.3. The molecule has 0 fully saturated rings. The average molecular weight is 456 g/mol. The maximum atomic E-state index is 12.6. The Morgan fingerprint density at radius 1 is 1.16 bits per heavy atom. The van der Waals surface area contributed by atoms with Gasteiger partial charge in [-0.2, -0.15) is 0 Å². The Balaban J connectivity index is 1.68. The van der Waals surface area contributed by atoms with Gasteiger partial charge in [-0.25, -0.2) is 9.55 Å². The Kier molecular flexibility index (Phi) is 7.56. The van der Waals surface area contributed by atoms with E-state index in [1.165, 1.54) is 6.20 Å². The van der Waals surface area contributed by atoms with Crippen LogP contribution in [0.5, 0.6) is 5.75 Å². The molecule has 0 saturated heterocycles. The second-order valence-electron chi connectivity index (χ2n) is 6.89. The Labute approximate surface area is 185 Å². The molecule has 2 aromatic heterocycles. The molecule has 0 saturated carbocycles. The van der Waals surface area contributed by atoms with Crippen molar-refractivity contribution in [1.29, 1.82) is 0 Å². The quantitative estimate of drug-likeness (QED) is 0.467. The van der Waals surface area contributed by atoms with Crippen molar-refractivity contribution in [2.45, 2.75) is 26.8 Å². The number of hydrogen-bond acceptors (Lipinski definition) is 7. The van der Waals surface area contributed by atoms with Gasteiger partial charge < -0.3 is 19.3 Å². The van der Waals surface area contributed by atoms with Gasteiger partial charge in [-0.15, -0.1) is 0 Å². The first kappa shape index (κ1) is 23.4. The number of aromatic amines is 1. The fraction of sp³-hybridized carbons (Fsp3) is 0.273. The van der Waals surface area contributed by atoms with E-state index in [4.69, 9.17) is 9.05 Å². The first-order valence-electron chi connectivity index (χ1n) is 10.2. The summed E-state index contributed by atoms with van der Waals surface area (Å²) in [6, 6.07) is 11.7. The van der Waals surface area contributed by atoms with E-state index in [1.54, 1.807) is 69.4 Å². The van der Waals surface area contributed by atoms with Gasteiger partial charge in [0.25, 0.3) is 11.5 Å². The van der Waals surface area contributed by atoms with Crippen molar-refractivity contribution < 1.29 is 18.4 Å². The molecule has 1 amide bonds. The SMILES string of the molecule is CCOP(=O)(CC)Oc1ccc(C(C)NC(=O)c2cnc(-c3ccccn3)[nH]c2=O)cc1. The number of nitrogens with zero attached hydrogens (tertiary/aromatic N) is 2. The van der Waals surface area contributed by atoms with Crippen molar-refractivity contribution in [1.82, 2.24) is 20.3 Å². The second-order valence-corrected chi connectivity index (χ2v) is 9.19. The van der Waals surface area contributed by atoms with Crippen LogP contribution < -0.4 is 15.4 Å². The lowest BCUT2D eigenvalue weighted by molar-refractivity contribution is 0.0938. The number of rotatable bonds is 9. The van der Waals surface area contributed by atoms with Crippen LogP contribution in [-0.4, -0.2) is 33.6 Å². The van der Waals surface area contributed by atoms with Crippen molar-refractivity contribution in [3.8, 4) is 17.3 Å². The Hall–Kier alpha value is -3.29. The Morgan fingerprint density at radius 3 is 2.50 bits per heavy atom. The lowest BCUT2D eigenvalue weighted by Gasteiger charge is -2.18. The summed E-state index contributed by atoms with van der Waals surface area (Å²) in [5.74, 6) is 0.148. The number of aromatic nitrogens is 3. The molecule has 0 radical (unpaired) electrons. The molecule has 3 rings (SSSR count). The summed E-state index contributed by atoms with van der Waals surface area (Å²) < 4.78 is 23.2. The molecule has 2 atom stereocenters. The van der Waals surface area contributed by atoms with Gasteiger partial charge in [0.05, 0.1) is 18.8 Å². The number of nitrogens with one attached hydrogen (secondary N) is 2. The van der Waals surface area contributed by atoms with Gasteiger partial charge in [-0.1, -0.05) is 25.1 Å². The minimum absolute atomic E-state index is 0.0999. The highest BCUT2D eigenvalue weighted by atomic mass is 31.2. The predicted octanol–water partition coefficient (Wildman–Crippen LogP) is 3.95. The lowest BCUT2D eigenvalue weighted by Crippen LogP contribution is -2.32. The molecular formula is C22H25N4O5P. The molecule has 0 bridgehead atoms. The van der Waals surface area contributed by atoms with Crippen molar-refractivity contribution >= 4 is 13.5 Å². The third-order valence-corrected chi connectivity index (χ3v) is 6.55. The highest BCUT2D eigenvalue weighted by molar-refractivity contribution is 7.54. The zero-order chi connectivity index (χ0) is 23.1. The molecule has 1 aromatic carbocycles. The molecule has 2 unspecified atom stereocenters. The maximum Gasteiger partial charge on any atom is 0.378 e. The van der Waals surface area contributed by atoms with Gasteiger partial charge in [0, 0.05) is 12.4 Å². The summed E-state index contributed by atoms with van der Waals surface area (Å²) in [6.07, 6.45) is 3.08. The van der Waals surface area contributed by atoms with Crippen LogP contribution in [0.2, 0.25) is 0 Å². The molecule has 0 aliphatic carbocycles. The lowest BCUT2D eigenvalue weighted by atomic mass is 10.1. The number of benzene rings is 1. The van der Waals surface area contributed by atoms with Crippen LogP contribution in [0.4, 0.5) is 0 Å². The van der Waals surface area contributed by atoms with Crippen LogP contribution in [-0.2, 0) is 9.09 Å². The summed E-state index contributed by atoms with van der Waals surface area (Å²) in [5.41, 5.74) is 0.629. The van der Waals surface area contributed by atoms with E-state index in [0.717, 1.165) is 5.56 Å². The predicted molar refractivity (Wildman–Crippen MR) is 121 cm³/mol. The van der Waals surface area contributed by atoms with Gasteiger partial charge in [0.2, 0.25) is 0 Å². The maximum absolute atomic E-state index is 12.6. The molecule has 2 N–H and O–H groups in total. The van der Waals surface area contributed by atoms with Gasteiger partial charge in [0.15, 0.2) is 5.82 Å². The summed E-state index contributed by atoms with van der Waals surface area (Å²) in [7, 11) is -3.18. The molecule has 0 spiro atoms. The summed E-state index contributed by atoms with van der Waals surface area (Å²) in [5, 5.41) is 2.78. The standard InChI is InChI=1S/C22H25N4O5P/c1-4-30-32(29,5-2)31-17-11-9-16(10-12-17)15(3)25-21(27)18-14-24-20(26-22(18)28)19-8-6-7-13-23-19/h6-15H,4-5H2,1-3H3,(H,25,27)(H,24,26,28). The van der Waals surface area contributed by atoms with Gasteiger partial charge >= 0.3 is 7.60 Å². The summed E-state index contributed by atoms with van der Waals surface area (Å²) in [6.45, 7) is 5.57. The van der Waals surface area contributed by atoms with Crippen molar-refractivity contribution in [3.63, 3.8) is 0 Å². The highest BCUT2D eigenvalue weighted by Crippen LogP contribution is 2.47. The zero-order valence-electron chi connectivity index (χ0n) is 18.1. The number of H-pyrrole nitrogens is 1. The monoisotopic (exact) mass is 456 g/mol. The number of carbonyl (C=O) groups is 1. The van der Waals surface area contributed by atoms with Crippen molar-refractivity contribution in [2.24, 2.45) is 0 Å². The van der Waals surface area contributed by atoms with E-state index in [9.17, 15) is 14.2 Å². The molecule has 0 aliphatic heterocycles. The number of hydrogen-bond donors (Lipinski definition) is 2. The van der Waals surface area contributed by atoms with Crippen LogP contribution in [0.25, 0.3) is 11.5 Å². The van der Waals surface area contributed by atoms with E-state index < -0.39 is 25.1 Å². The largest absolute Gasteiger partial charge is 0.424 e. The van der Waals surface area contributed by atoms with Crippen molar-refractivity contribution in [2.75, 3.05) is 12.8 Å². The molecule has 10 heteroatoms. The first-order valence-corrected chi connectivity index (χ1v) is 11.9. The van der Waals surface area contributed by atoms with E-state index in [2.05, 4.69) is 20.3 Å². The Bertz CT molecular complexity index is 1160. The smallest absolute Gasteiger partial charge is 0.378 e. The fourth-order valence-electron chi connectivity index (χ4n) is 2.90. The Morgan fingerprint density at radius 2 is 1.91 bits per heavy atom. The minimum atomic E-state index is -3.18.